The summed E-state index contributed by atoms with van der Waals surface area (Å²) in [5.74, 6) is -0.246. The maximum absolute atomic E-state index is 13.1. The molecule has 2 nitrogen and oxygen atoms in total. The summed E-state index contributed by atoms with van der Waals surface area (Å²) in [6.07, 6.45) is 0.667. The number of hydrogen-bond donors (Lipinski definition) is 1. The van der Waals surface area contributed by atoms with Crippen molar-refractivity contribution < 1.29 is 9.13 Å². The van der Waals surface area contributed by atoms with E-state index < -0.39 is 0 Å². The van der Waals surface area contributed by atoms with E-state index in [0.717, 1.165) is 15.6 Å². The predicted octanol–water partition coefficient (Wildman–Crippen LogP) is 3.86. The van der Waals surface area contributed by atoms with Crippen molar-refractivity contribution in [1.29, 1.82) is 0 Å². The van der Waals surface area contributed by atoms with Crippen molar-refractivity contribution in [2.45, 2.75) is 25.7 Å². The molecule has 0 saturated heterocycles. The van der Waals surface area contributed by atoms with Gasteiger partial charge in [-0.2, -0.15) is 0 Å². The van der Waals surface area contributed by atoms with Crippen molar-refractivity contribution in [2.24, 2.45) is 5.73 Å². The highest BCUT2D eigenvalue weighted by atomic mass is 79.9. The zero-order valence-corrected chi connectivity index (χ0v) is 12.5. The van der Waals surface area contributed by atoms with Gasteiger partial charge in [0.1, 0.15) is 5.82 Å². The second-order valence-corrected chi connectivity index (χ2v) is 5.92. The first kappa shape index (κ1) is 13.7. The Hall–Kier alpha value is -1.23. The van der Waals surface area contributed by atoms with Crippen LogP contribution in [0.1, 0.15) is 28.3 Å². The quantitative estimate of drug-likeness (QED) is 0.924. The fourth-order valence-corrected chi connectivity index (χ4v) is 2.98. The van der Waals surface area contributed by atoms with Crippen LogP contribution in [-0.2, 0) is 24.4 Å². The molecule has 1 aliphatic heterocycles. The SMILES string of the molecule is NC(Cc1ccc(F)cc1Br)c1ccc2c(c1)COC2. The third-order valence-corrected chi connectivity index (χ3v) is 4.37. The van der Waals surface area contributed by atoms with E-state index in [9.17, 15) is 4.39 Å². The van der Waals surface area contributed by atoms with Crippen LogP contribution >= 0.6 is 15.9 Å². The Labute approximate surface area is 125 Å². The summed E-state index contributed by atoms with van der Waals surface area (Å²) in [6.45, 7) is 1.35. The predicted molar refractivity (Wildman–Crippen MR) is 79.7 cm³/mol. The van der Waals surface area contributed by atoms with Gasteiger partial charge in [0.2, 0.25) is 0 Å². The van der Waals surface area contributed by atoms with Crippen LogP contribution in [0.5, 0.6) is 0 Å². The van der Waals surface area contributed by atoms with Gasteiger partial charge in [0.25, 0.3) is 0 Å². The van der Waals surface area contributed by atoms with Crippen LogP contribution in [-0.4, -0.2) is 0 Å². The zero-order valence-electron chi connectivity index (χ0n) is 10.9. The molecule has 104 valence electrons. The van der Waals surface area contributed by atoms with Gasteiger partial charge in [-0.25, -0.2) is 4.39 Å². The van der Waals surface area contributed by atoms with Gasteiger partial charge in [0, 0.05) is 10.5 Å². The molecule has 2 aromatic carbocycles. The van der Waals surface area contributed by atoms with Crippen molar-refractivity contribution in [3.8, 4) is 0 Å². The molecule has 4 heteroatoms. The molecular weight excluding hydrogens is 321 g/mol. The summed E-state index contributed by atoms with van der Waals surface area (Å²) in [6, 6.07) is 10.8. The van der Waals surface area contributed by atoms with E-state index in [0.29, 0.717) is 19.6 Å². The lowest BCUT2D eigenvalue weighted by atomic mass is 9.97. The van der Waals surface area contributed by atoms with E-state index in [-0.39, 0.29) is 11.9 Å². The number of hydrogen-bond acceptors (Lipinski definition) is 2. The molecule has 2 N–H and O–H groups in total. The number of fused-ring (bicyclic) bond motifs is 1. The smallest absolute Gasteiger partial charge is 0.124 e. The summed E-state index contributed by atoms with van der Waals surface area (Å²) in [5, 5.41) is 0. The van der Waals surface area contributed by atoms with Crippen LogP contribution in [0.3, 0.4) is 0 Å². The van der Waals surface area contributed by atoms with Crippen molar-refractivity contribution in [2.75, 3.05) is 0 Å². The second-order valence-electron chi connectivity index (χ2n) is 5.07. The summed E-state index contributed by atoms with van der Waals surface area (Å²) >= 11 is 3.38. The Morgan fingerprint density at radius 3 is 2.75 bits per heavy atom. The molecule has 3 rings (SSSR count). The molecule has 1 heterocycles. The monoisotopic (exact) mass is 335 g/mol. The first-order chi connectivity index (χ1) is 9.63. The van der Waals surface area contributed by atoms with Crippen LogP contribution in [0, 0.1) is 5.82 Å². The minimum Gasteiger partial charge on any atom is -0.372 e. The molecule has 0 aromatic heterocycles. The van der Waals surface area contributed by atoms with Gasteiger partial charge in [-0.05, 0) is 40.8 Å². The molecule has 0 fully saturated rings. The highest BCUT2D eigenvalue weighted by Gasteiger charge is 2.15. The fourth-order valence-electron chi connectivity index (χ4n) is 2.46. The number of rotatable bonds is 3. The van der Waals surface area contributed by atoms with Crippen molar-refractivity contribution in [3.63, 3.8) is 0 Å². The third kappa shape index (κ3) is 2.77. The maximum Gasteiger partial charge on any atom is 0.124 e. The van der Waals surface area contributed by atoms with Gasteiger partial charge in [-0.3, -0.25) is 0 Å². The van der Waals surface area contributed by atoms with Crippen molar-refractivity contribution in [1.82, 2.24) is 0 Å². The zero-order chi connectivity index (χ0) is 14.1. The molecule has 0 saturated carbocycles. The summed E-state index contributed by atoms with van der Waals surface area (Å²) < 4.78 is 19.3. The van der Waals surface area contributed by atoms with E-state index in [1.807, 2.05) is 0 Å². The van der Waals surface area contributed by atoms with Gasteiger partial charge >= 0.3 is 0 Å². The van der Waals surface area contributed by atoms with Gasteiger partial charge in [-0.1, -0.05) is 40.2 Å². The third-order valence-electron chi connectivity index (χ3n) is 3.63. The Morgan fingerprint density at radius 1 is 1.15 bits per heavy atom. The number of halogens is 2. The van der Waals surface area contributed by atoms with Gasteiger partial charge in [0.15, 0.2) is 0 Å². The Morgan fingerprint density at radius 2 is 1.95 bits per heavy atom. The van der Waals surface area contributed by atoms with Crippen molar-refractivity contribution >= 4 is 15.9 Å². The van der Waals surface area contributed by atoms with E-state index in [1.165, 1.54) is 23.3 Å². The van der Waals surface area contributed by atoms with Crippen molar-refractivity contribution in [3.05, 3.63) is 68.9 Å². The van der Waals surface area contributed by atoms with Crippen LogP contribution in [0.4, 0.5) is 4.39 Å². The van der Waals surface area contributed by atoms with Gasteiger partial charge < -0.3 is 10.5 Å². The first-order valence-electron chi connectivity index (χ1n) is 6.52. The van der Waals surface area contributed by atoms with E-state index in [1.54, 1.807) is 6.07 Å². The lowest BCUT2D eigenvalue weighted by molar-refractivity contribution is 0.134. The molecule has 0 spiro atoms. The normalized spacial score (nSPS) is 15.2. The van der Waals surface area contributed by atoms with E-state index in [2.05, 4.69) is 34.1 Å². The maximum atomic E-state index is 13.1. The largest absolute Gasteiger partial charge is 0.372 e. The summed E-state index contributed by atoms with van der Waals surface area (Å²) in [4.78, 5) is 0. The minimum absolute atomic E-state index is 0.109. The molecule has 0 bridgehead atoms. The second kappa shape index (κ2) is 5.64. The molecule has 1 aliphatic rings. The lowest BCUT2D eigenvalue weighted by Crippen LogP contribution is -2.14. The van der Waals surface area contributed by atoms with E-state index in [4.69, 9.17) is 10.5 Å². The fraction of sp³-hybridized carbons (Fsp3) is 0.250. The summed E-state index contributed by atoms with van der Waals surface area (Å²) in [7, 11) is 0. The molecule has 1 atom stereocenters. The minimum atomic E-state index is -0.246. The Balaban J connectivity index is 1.80. The lowest BCUT2D eigenvalue weighted by Gasteiger charge is -2.14. The first-order valence-corrected chi connectivity index (χ1v) is 7.32. The van der Waals surface area contributed by atoms with Crippen LogP contribution in [0.2, 0.25) is 0 Å². The Bertz CT molecular complexity index is 644. The van der Waals surface area contributed by atoms with Crippen LogP contribution in [0.25, 0.3) is 0 Å². The Kier molecular flexibility index (Phi) is 3.87. The molecule has 0 amide bonds. The topological polar surface area (TPSA) is 35.2 Å². The molecule has 0 radical (unpaired) electrons. The molecule has 2 aromatic rings. The van der Waals surface area contributed by atoms with Gasteiger partial charge in [0.05, 0.1) is 13.2 Å². The number of nitrogens with two attached hydrogens (primary N) is 1. The number of ether oxygens (including phenoxy) is 1. The average molecular weight is 336 g/mol. The molecule has 20 heavy (non-hydrogen) atoms. The number of benzene rings is 2. The standard InChI is InChI=1S/C16H15BrFNO/c17-15-7-14(18)4-3-10(15)6-16(19)11-1-2-12-8-20-9-13(12)5-11/h1-5,7,16H,6,8-9,19H2. The summed E-state index contributed by atoms with van der Waals surface area (Å²) in [5.41, 5.74) is 10.8. The molecular formula is C16H15BrFNO. The highest BCUT2D eigenvalue weighted by Crippen LogP contribution is 2.27. The average Bonchev–Trinajstić information content (AvgIpc) is 2.89. The van der Waals surface area contributed by atoms with Gasteiger partial charge in [-0.15, -0.1) is 0 Å². The van der Waals surface area contributed by atoms with Crippen LogP contribution < -0.4 is 5.73 Å². The van der Waals surface area contributed by atoms with E-state index >= 15 is 0 Å². The van der Waals surface area contributed by atoms with Crippen LogP contribution in [0.15, 0.2) is 40.9 Å². The molecule has 0 aliphatic carbocycles. The molecule has 1 unspecified atom stereocenters. The highest BCUT2D eigenvalue weighted by molar-refractivity contribution is 9.10.